The first-order valence-electron chi connectivity index (χ1n) is 18.0. The number of hydrogen-bond acceptors (Lipinski definition) is 4. The van der Waals surface area contributed by atoms with Crippen molar-refractivity contribution >= 4 is 11.9 Å². The molecule has 1 unspecified atom stereocenters. The first-order valence-corrected chi connectivity index (χ1v) is 18.0. The van der Waals surface area contributed by atoms with Gasteiger partial charge in [-0.25, -0.2) is 0 Å². The zero-order chi connectivity index (χ0) is 29.4. The lowest BCUT2D eigenvalue weighted by molar-refractivity contribution is -0.159. The Kier molecular flexibility index (Phi) is 31.9. The van der Waals surface area contributed by atoms with Crippen molar-refractivity contribution in [3.63, 3.8) is 0 Å². The van der Waals surface area contributed by atoms with Crippen LogP contribution in [0, 0.1) is 5.92 Å². The molecule has 1 atom stereocenters. The molecular weight excluding hydrogens is 496 g/mol. The van der Waals surface area contributed by atoms with E-state index in [-0.39, 0.29) is 11.9 Å². The zero-order valence-electron chi connectivity index (χ0n) is 27.2. The number of carbonyl (C=O) groups is 2. The van der Waals surface area contributed by atoms with Crippen molar-refractivity contribution in [2.45, 2.75) is 206 Å². The highest BCUT2D eigenvalue weighted by atomic mass is 16.6. The van der Waals surface area contributed by atoms with Gasteiger partial charge in [0.25, 0.3) is 0 Å². The van der Waals surface area contributed by atoms with E-state index in [2.05, 4.69) is 13.8 Å². The summed E-state index contributed by atoms with van der Waals surface area (Å²) >= 11 is 0. The highest BCUT2D eigenvalue weighted by molar-refractivity contribution is 5.85. The molecule has 0 aliphatic rings. The molecule has 0 fully saturated rings. The summed E-state index contributed by atoms with van der Waals surface area (Å²) in [5.74, 6) is -0.0297. The summed E-state index contributed by atoms with van der Waals surface area (Å²) < 4.78 is 5.02. The molecule has 0 aromatic carbocycles. The van der Waals surface area contributed by atoms with E-state index in [1.807, 2.05) is 0 Å². The lowest BCUT2D eigenvalue weighted by Gasteiger charge is -2.15. The maximum Gasteiger partial charge on any atom is 0.313 e. The van der Waals surface area contributed by atoms with Crippen LogP contribution in [0.3, 0.4) is 0 Å². The van der Waals surface area contributed by atoms with Crippen LogP contribution in [-0.4, -0.2) is 23.7 Å². The Morgan fingerprint density at radius 2 is 0.750 bits per heavy atom. The van der Waals surface area contributed by atoms with Crippen LogP contribution < -0.4 is 0 Å². The third-order valence-corrected chi connectivity index (χ3v) is 8.46. The number of rotatable bonds is 32. The molecule has 0 aromatic heterocycles. The van der Waals surface area contributed by atoms with Crippen LogP contribution in [0.4, 0.5) is 0 Å². The molecule has 0 bridgehead atoms. The quantitative estimate of drug-likeness (QED) is 0.0499. The molecular formula is C36H70O4. The van der Waals surface area contributed by atoms with Gasteiger partial charge in [-0.3, -0.25) is 9.59 Å². The van der Waals surface area contributed by atoms with E-state index in [0.29, 0.717) is 25.4 Å². The number of esters is 2. The minimum absolute atomic E-state index is 0.307. The zero-order valence-corrected chi connectivity index (χ0v) is 27.2. The van der Waals surface area contributed by atoms with E-state index in [0.717, 1.165) is 38.5 Å². The van der Waals surface area contributed by atoms with Gasteiger partial charge in [-0.2, -0.15) is 0 Å². The fourth-order valence-electron chi connectivity index (χ4n) is 5.75. The molecule has 0 amide bonds. The summed E-state index contributed by atoms with van der Waals surface area (Å²) in [6.45, 7) is 4.83. The summed E-state index contributed by atoms with van der Waals surface area (Å²) in [5.41, 5.74) is 0. The van der Waals surface area contributed by atoms with Gasteiger partial charge in [0.05, 0.1) is 0 Å². The number of aliphatic hydroxyl groups is 1. The Labute approximate surface area is 250 Å². The van der Waals surface area contributed by atoms with Crippen molar-refractivity contribution in [3.05, 3.63) is 0 Å². The summed E-state index contributed by atoms with van der Waals surface area (Å²) in [5, 5.41) is 9.40. The highest BCUT2D eigenvalue weighted by Gasteiger charge is 2.11. The standard InChI is InChI=1S/C36H70O4/c1-3-5-7-9-11-12-13-14-15-16-18-22-26-30-35(38)40-36(39)31-27-23-19-21-25-29-34(32-33-37)28-24-20-17-10-8-6-4-2/h34,37H,3-33H2,1-2H3. The van der Waals surface area contributed by atoms with Crippen molar-refractivity contribution in [2.75, 3.05) is 6.61 Å². The molecule has 0 aliphatic heterocycles. The van der Waals surface area contributed by atoms with Gasteiger partial charge >= 0.3 is 11.9 Å². The molecule has 1 N–H and O–H groups in total. The largest absolute Gasteiger partial charge is 0.396 e. The van der Waals surface area contributed by atoms with Crippen molar-refractivity contribution in [3.8, 4) is 0 Å². The minimum atomic E-state index is -0.350. The lowest BCUT2D eigenvalue weighted by atomic mass is 9.92. The number of carbonyl (C=O) groups excluding carboxylic acids is 2. The summed E-state index contributed by atoms with van der Waals surface area (Å²) in [6, 6.07) is 0. The monoisotopic (exact) mass is 567 g/mol. The topological polar surface area (TPSA) is 63.6 Å². The van der Waals surface area contributed by atoms with E-state index in [9.17, 15) is 14.7 Å². The van der Waals surface area contributed by atoms with Crippen LogP contribution >= 0.6 is 0 Å². The Bertz CT molecular complexity index is 533. The average Bonchev–Trinajstić information content (AvgIpc) is 2.94. The maximum atomic E-state index is 12.0. The maximum absolute atomic E-state index is 12.0. The summed E-state index contributed by atoms with van der Waals surface area (Å²) in [7, 11) is 0. The Morgan fingerprint density at radius 1 is 0.450 bits per heavy atom. The Morgan fingerprint density at radius 3 is 1.07 bits per heavy atom. The molecule has 0 spiro atoms. The van der Waals surface area contributed by atoms with Gasteiger partial charge in [-0.15, -0.1) is 0 Å². The van der Waals surface area contributed by atoms with Gasteiger partial charge in [0.15, 0.2) is 0 Å². The SMILES string of the molecule is CCCCCCCCCCCCCCCC(=O)OC(=O)CCCCCCCC(CCO)CCCCCCCCC. The van der Waals surface area contributed by atoms with Crippen LogP contribution in [-0.2, 0) is 14.3 Å². The van der Waals surface area contributed by atoms with Gasteiger partial charge in [-0.05, 0) is 25.2 Å². The first kappa shape index (κ1) is 39.1. The van der Waals surface area contributed by atoms with Crippen LogP contribution in [0.1, 0.15) is 206 Å². The second-order valence-electron chi connectivity index (χ2n) is 12.4. The van der Waals surface area contributed by atoms with Crippen LogP contribution in [0.15, 0.2) is 0 Å². The molecule has 238 valence electrons. The second kappa shape index (κ2) is 32.6. The molecule has 0 radical (unpaired) electrons. The van der Waals surface area contributed by atoms with Crippen molar-refractivity contribution in [1.82, 2.24) is 0 Å². The van der Waals surface area contributed by atoms with Gasteiger partial charge in [0.1, 0.15) is 0 Å². The minimum Gasteiger partial charge on any atom is -0.396 e. The lowest BCUT2D eigenvalue weighted by Crippen LogP contribution is -2.11. The van der Waals surface area contributed by atoms with E-state index < -0.39 is 0 Å². The molecule has 0 heterocycles. The van der Waals surface area contributed by atoms with Gasteiger partial charge in [0.2, 0.25) is 0 Å². The molecule has 40 heavy (non-hydrogen) atoms. The smallest absolute Gasteiger partial charge is 0.313 e. The highest BCUT2D eigenvalue weighted by Crippen LogP contribution is 2.22. The van der Waals surface area contributed by atoms with Gasteiger partial charge in [0, 0.05) is 19.4 Å². The van der Waals surface area contributed by atoms with E-state index in [1.165, 1.54) is 141 Å². The number of hydrogen-bond donors (Lipinski definition) is 1. The predicted molar refractivity (Wildman–Crippen MR) is 172 cm³/mol. The number of aliphatic hydroxyl groups excluding tert-OH is 1. The van der Waals surface area contributed by atoms with E-state index in [1.54, 1.807) is 0 Å². The number of ether oxygens (including phenoxy) is 1. The molecule has 0 saturated heterocycles. The normalized spacial score (nSPS) is 12.1. The molecule has 0 rings (SSSR count). The van der Waals surface area contributed by atoms with Gasteiger partial charge in [-0.1, -0.05) is 174 Å². The second-order valence-corrected chi connectivity index (χ2v) is 12.4. The molecule has 0 aliphatic carbocycles. The van der Waals surface area contributed by atoms with E-state index >= 15 is 0 Å². The summed E-state index contributed by atoms with van der Waals surface area (Å²) in [6.07, 6.45) is 35.5. The third kappa shape index (κ3) is 30.1. The first-order chi connectivity index (χ1) is 19.6. The van der Waals surface area contributed by atoms with Crippen LogP contribution in [0.2, 0.25) is 0 Å². The Hall–Kier alpha value is -0.900. The van der Waals surface area contributed by atoms with Gasteiger partial charge < -0.3 is 9.84 Å². The average molecular weight is 567 g/mol. The fraction of sp³-hybridized carbons (Fsp3) is 0.944. The van der Waals surface area contributed by atoms with Crippen molar-refractivity contribution in [1.29, 1.82) is 0 Å². The van der Waals surface area contributed by atoms with E-state index in [4.69, 9.17) is 4.74 Å². The van der Waals surface area contributed by atoms with Crippen LogP contribution in [0.25, 0.3) is 0 Å². The molecule has 0 saturated carbocycles. The number of unbranched alkanes of at least 4 members (excludes halogenated alkanes) is 22. The van der Waals surface area contributed by atoms with Crippen LogP contribution in [0.5, 0.6) is 0 Å². The Balaban J connectivity index is 3.53. The molecule has 0 aromatic rings. The van der Waals surface area contributed by atoms with Crippen molar-refractivity contribution in [2.24, 2.45) is 5.92 Å². The molecule has 4 heteroatoms. The third-order valence-electron chi connectivity index (χ3n) is 8.46. The summed E-state index contributed by atoms with van der Waals surface area (Å²) in [4.78, 5) is 23.9. The van der Waals surface area contributed by atoms with Crippen molar-refractivity contribution < 1.29 is 19.4 Å². The molecule has 4 nitrogen and oxygen atoms in total. The predicted octanol–water partition coefficient (Wildman–Crippen LogP) is 11.4. The fourth-order valence-corrected chi connectivity index (χ4v) is 5.75.